The molecule has 1 heterocycles. The Labute approximate surface area is 297 Å². The molecule has 0 atom stereocenters. The number of rotatable bonds is 28. The fourth-order valence-corrected chi connectivity index (χ4v) is 4.72. The molecule has 282 valence electrons. The van der Waals surface area contributed by atoms with Gasteiger partial charge < -0.3 is 54.5 Å². The number of hydrogen-bond donors (Lipinski definition) is 3. The smallest absolute Gasteiger partial charge is 0.313 e. The number of aryl methyl sites for hydroxylation is 2. The maximum Gasteiger partial charge on any atom is 0.313 e. The van der Waals surface area contributed by atoms with Gasteiger partial charge in [0.1, 0.15) is 5.82 Å². The van der Waals surface area contributed by atoms with Gasteiger partial charge in [0.25, 0.3) is 0 Å². The van der Waals surface area contributed by atoms with Crippen molar-refractivity contribution in [3.8, 4) is 5.75 Å². The molecule has 5 N–H and O–H groups in total. The summed E-state index contributed by atoms with van der Waals surface area (Å²) >= 11 is 0. The Balaban J connectivity index is 1.18. The molecular formula is C35H50FN5O10. The lowest BCUT2D eigenvalue weighted by molar-refractivity contribution is -0.136. The number of hydrogen-bond acceptors (Lipinski definition) is 12. The molecule has 0 aliphatic rings. The first kappa shape index (κ1) is 41.4. The Morgan fingerprint density at radius 2 is 1.37 bits per heavy atom. The standard InChI is InChI=1S/C35H50FN5O10/c1-26-40-30-24-28(35(38)44)5-6-31(30)41(26)10-2-3-33(42)39-25-27-4-7-32(29(36)23-27)51-34(43)8-11-45-13-15-47-17-19-49-21-22-50-20-18-48-16-14-46-12-9-37/h4-7,23-24H,2-3,8-22,25,37H2,1H3,(H2,38,44)(H,39,42). The Morgan fingerprint density at radius 1 is 0.784 bits per heavy atom. The van der Waals surface area contributed by atoms with Crippen LogP contribution in [0.25, 0.3) is 11.0 Å². The number of primary amides is 1. The van der Waals surface area contributed by atoms with Gasteiger partial charge in [-0.15, -0.1) is 0 Å². The first-order valence-corrected chi connectivity index (χ1v) is 17.0. The maximum absolute atomic E-state index is 14.6. The van der Waals surface area contributed by atoms with Crippen LogP contribution in [-0.2, 0) is 51.1 Å². The summed E-state index contributed by atoms with van der Waals surface area (Å²) in [4.78, 5) is 40.5. The lowest BCUT2D eigenvalue weighted by Gasteiger charge is -2.10. The number of halogens is 1. The topological polar surface area (TPSA) is 198 Å². The lowest BCUT2D eigenvalue weighted by atomic mass is 10.2. The number of nitrogens with zero attached hydrogens (tertiary/aromatic N) is 2. The quantitative estimate of drug-likeness (QED) is 0.0562. The zero-order valence-corrected chi connectivity index (χ0v) is 29.2. The molecule has 0 radical (unpaired) electrons. The Kier molecular flexibility index (Phi) is 19.6. The molecule has 0 aliphatic heterocycles. The van der Waals surface area contributed by atoms with Gasteiger partial charge in [-0.05, 0) is 49.2 Å². The molecule has 0 spiro atoms. The van der Waals surface area contributed by atoms with Crippen LogP contribution in [0.15, 0.2) is 36.4 Å². The molecule has 16 heteroatoms. The second kappa shape index (κ2) is 24.2. The number of aromatic nitrogens is 2. The van der Waals surface area contributed by atoms with Crippen molar-refractivity contribution in [1.29, 1.82) is 0 Å². The summed E-state index contributed by atoms with van der Waals surface area (Å²) in [7, 11) is 0. The monoisotopic (exact) mass is 719 g/mol. The molecule has 0 unspecified atom stereocenters. The van der Waals surface area contributed by atoms with E-state index in [2.05, 4.69) is 10.3 Å². The van der Waals surface area contributed by atoms with Crippen LogP contribution in [0.5, 0.6) is 5.75 Å². The van der Waals surface area contributed by atoms with E-state index in [1.807, 2.05) is 11.5 Å². The molecule has 0 aliphatic carbocycles. The molecule has 3 aromatic rings. The summed E-state index contributed by atoms with van der Waals surface area (Å²) in [5.41, 5.74) is 13.1. The molecule has 0 bridgehead atoms. The molecule has 15 nitrogen and oxygen atoms in total. The summed E-state index contributed by atoms with van der Waals surface area (Å²) in [6.07, 6.45) is 0.740. The maximum atomic E-state index is 14.6. The van der Waals surface area contributed by atoms with E-state index in [1.165, 1.54) is 12.1 Å². The predicted molar refractivity (Wildman–Crippen MR) is 185 cm³/mol. The van der Waals surface area contributed by atoms with Crippen molar-refractivity contribution >= 4 is 28.8 Å². The zero-order chi connectivity index (χ0) is 36.7. The molecule has 3 rings (SSSR count). The second-order valence-electron chi connectivity index (χ2n) is 11.2. The highest BCUT2D eigenvalue weighted by Crippen LogP contribution is 2.20. The van der Waals surface area contributed by atoms with E-state index >= 15 is 0 Å². The van der Waals surface area contributed by atoms with Crippen molar-refractivity contribution in [3.05, 3.63) is 59.2 Å². The first-order valence-electron chi connectivity index (χ1n) is 17.0. The average Bonchev–Trinajstić information content (AvgIpc) is 3.43. The highest BCUT2D eigenvalue weighted by Gasteiger charge is 2.13. The van der Waals surface area contributed by atoms with Crippen LogP contribution < -0.4 is 21.5 Å². The van der Waals surface area contributed by atoms with Crippen molar-refractivity contribution in [3.63, 3.8) is 0 Å². The van der Waals surface area contributed by atoms with E-state index in [0.717, 1.165) is 11.3 Å². The summed E-state index contributed by atoms with van der Waals surface area (Å²) < 4.78 is 53.9. The Hall–Kier alpha value is -4.03. The molecular weight excluding hydrogens is 669 g/mol. The minimum atomic E-state index is -0.714. The van der Waals surface area contributed by atoms with Crippen LogP contribution in [-0.4, -0.2) is 113 Å². The van der Waals surface area contributed by atoms with Gasteiger partial charge in [-0.2, -0.15) is 0 Å². The van der Waals surface area contributed by atoms with Crippen molar-refractivity contribution in [2.24, 2.45) is 11.5 Å². The third kappa shape index (κ3) is 16.2. The summed E-state index contributed by atoms with van der Waals surface area (Å²) in [5.74, 6) is -1.50. The van der Waals surface area contributed by atoms with Crippen LogP contribution in [0.2, 0.25) is 0 Å². The van der Waals surface area contributed by atoms with Gasteiger partial charge in [0.05, 0.1) is 96.7 Å². The number of ether oxygens (including phenoxy) is 7. The fourth-order valence-electron chi connectivity index (χ4n) is 4.72. The van der Waals surface area contributed by atoms with Gasteiger partial charge in [-0.1, -0.05) is 6.07 Å². The summed E-state index contributed by atoms with van der Waals surface area (Å²) in [5, 5.41) is 2.78. The minimum absolute atomic E-state index is 0.0593. The van der Waals surface area contributed by atoms with Crippen LogP contribution in [0.1, 0.15) is 41.0 Å². The minimum Gasteiger partial charge on any atom is -0.423 e. The molecule has 0 saturated carbocycles. The number of fused-ring (bicyclic) bond motifs is 1. The highest BCUT2D eigenvalue weighted by molar-refractivity contribution is 5.96. The first-order chi connectivity index (χ1) is 24.8. The van der Waals surface area contributed by atoms with E-state index in [9.17, 15) is 18.8 Å². The largest absolute Gasteiger partial charge is 0.423 e. The van der Waals surface area contributed by atoms with Gasteiger partial charge in [-0.25, -0.2) is 9.37 Å². The molecule has 2 aromatic carbocycles. The average molecular weight is 720 g/mol. The predicted octanol–water partition coefficient (Wildman–Crippen LogP) is 2.03. The lowest BCUT2D eigenvalue weighted by Crippen LogP contribution is -2.23. The zero-order valence-electron chi connectivity index (χ0n) is 29.2. The Morgan fingerprint density at radius 3 is 1.94 bits per heavy atom. The molecule has 0 saturated heterocycles. The van der Waals surface area contributed by atoms with Crippen molar-refractivity contribution in [1.82, 2.24) is 14.9 Å². The summed E-state index contributed by atoms with van der Waals surface area (Å²) in [6, 6.07) is 9.24. The number of nitrogens with one attached hydrogen (secondary N) is 1. The number of nitrogens with two attached hydrogens (primary N) is 2. The van der Waals surface area contributed by atoms with Crippen molar-refractivity contribution < 1.29 is 51.9 Å². The number of esters is 1. The molecule has 0 fully saturated rings. The van der Waals surface area contributed by atoms with Gasteiger partial charge in [0, 0.05) is 31.6 Å². The second-order valence-corrected chi connectivity index (χ2v) is 11.2. The highest BCUT2D eigenvalue weighted by atomic mass is 19.1. The molecule has 51 heavy (non-hydrogen) atoms. The van der Waals surface area contributed by atoms with Crippen LogP contribution in [0.3, 0.4) is 0 Å². The molecule has 1 aromatic heterocycles. The third-order valence-corrected chi connectivity index (χ3v) is 7.29. The van der Waals surface area contributed by atoms with Gasteiger partial charge in [-0.3, -0.25) is 14.4 Å². The van der Waals surface area contributed by atoms with Gasteiger partial charge in [0.15, 0.2) is 11.6 Å². The fraction of sp³-hybridized carbons (Fsp3) is 0.543. The van der Waals surface area contributed by atoms with E-state index in [4.69, 9.17) is 44.6 Å². The van der Waals surface area contributed by atoms with E-state index in [-0.39, 0.29) is 44.3 Å². The number of carbonyl (C=O) groups is 3. The number of amides is 2. The van der Waals surface area contributed by atoms with E-state index < -0.39 is 17.7 Å². The number of imidazole rings is 1. The summed E-state index contributed by atoms with van der Waals surface area (Å²) in [6.45, 7) is 7.94. The number of carbonyl (C=O) groups excluding carboxylic acids is 3. The van der Waals surface area contributed by atoms with Crippen LogP contribution >= 0.6 is 0 Å². The van der Waals surface area contributed by atoms with Crippen LogP contribution in [0, 0.1) is 12.7 Å². The van der Waals surface area contributed by atoms with Crippen molar-refractivity contribution in [2.45, 2.75) is 39.3 Å². The normalized spacial score (nSPS) is 11.3. The SMILES string of the molecule is Cc1nc2cc(C(N)=O)ccc2n1CCCC(=O)NCc1ccc(OC(=O)CCOCCOCCOCCOCCOCCOCCN)c(F)c1. The number of benzene rings is 2. The molecule has 2 amide bonds. The Bertz CT molecular complexity index is 1510. The van der Waals surface area contributed by atoms with E-state index in [1.54, 1.807) is 24.3 Å². The van der Waals surface area contributed by atoms with Crippen LogP contribution in [0.4, 0.5) is 4.39 Å². The third-order valence-electron chi connectivity index (χ3n) is 7.29. The van der Waals surface area contributed by atoms with Gasteiger partial charge in [0.2, 0.25) is 11.8 Å². The van der Waals surface area contributed by atoms with E-state index in [0.29, 0.717) is 102 Å². The van der Waals surface area contributed by atoms with Gasteiger partial charge >= 0.3 is 5.97 Å². The van der Waals surface area contributed by atoms with Crippen molar-refractivity contribution in [2.75, 3.05) is 85.8 Å².